The summed E-state index contributed by atoms with van der Waals surface area (Å²) < 4.78 is 0. The van der Waals surface area contributed by atoms with E-state index < -0.39 is 10.8 Å². The normalized spacial score (nSPS) is 15.8. The van der Waals surface area contributed by atoms with Crippen molar-refractivity contribution in [1.29, 1.82) is 0 Å². The van der Waals surface area contributed by atoms with Crippen molar-refractivity contribution in [2.24, 2.45) is 11.8 Å². The molecule has 1 aliphatic carbocycles. The van der Waals surface area contributed by atoms with Gasteiger partial charge in [-0.3, -0.25) is 14.9 Å². The van der Waals surface area contributed by atoms with Crippen molar-refractivity contribution >= 4 is 17.4 Å². The molecule has 1 saturated carbocycles. The summed E-state index contributed by atoms with van der Waals surface area (Å²) in [5.74, 6) is 0.682. The second kappa shape index (κ2) is 5.21. The van der Waals surface area contributed by atoms with Crippen molar-refractivity contribution in [1.82, 2.24) is 10.3 Å². The van der Waals surface area contributed by atoms with Gasteiger partial charge in [-0.05, 0) is 24.7 Å². The molecule has 7 heteroatoms. The van der Waals surface area contributed by atoms with Crippen LogP contribution >= 0.6 is 0 Å². The number of carbonyl (C=O) groups excluding carboxylic acids is 1. The molecule has 1 unspecified atom stereocenters. The Morgan fingerprint density at radius 2 is 2.37 bits per heavy atom. The van der Waals surface area contributed by atoms with Crippen LogP contribution in [0.4, 0.5) is 11.5 Å². The molecule has 19 heavy (non-hydrogen) atoms. The van der Waals surface area contributed by atoms with Gasteiger partial charge in [-0.25, -0.2) is 4.98 Å². The van der Waals surface area contributed by atoms with E-state index in [9.17, 15) is 14.9 Å². The Morgan fingerprint density at radius 3 is 2.95 bits per heavy atom. The number of carbonyl (C=O) groups is 1. The predicted octanol–water partition coefficient (Wildman–Crippen LogP) is 1.35. The first-order valence-corrected chi connectivity index (χ1v) is 6.17. The van der Waals surface area contributed by atoms with Crippen LogP contribution in [0.2, 0.25) is 0 Å². The van der Waals surface area contributed by atoms with Gasteiger partial charge in [0.25, 0.3) is 11.6 Å². The number of amides is 1. The Labute approximate surface area is 110 Å². The van der Waals surface area contributed by atoms with Gasteiger partial charge in [0.1, 0.15) is 12.0 Å². The summed E-state index contributed by atoms with van der Waals surface area (Å²) in [5.41, 5.74) is 5.39. The van der Waals surface area contributed by atoms with Crippen LogP contribution in [0.25, 0.3) is 0 Å². The third-order valence-corrected chi connectivity index (χ3v) is 3.37. The Hall–Kier alpha value is -2.18. The molecule has 3 N–H and O–H groups in total. The number of nitrogens with one attached hydrogen (secondary N) is 1. The molecular weight excluding hydrogens is 248 g/mol. The molecule has 2 rings (SSSR count). The van der Waals surface area contributed by atoms with E-state index >= 15 is 0 Å². The van der Waals surface area contributed by atoms with Crippen molar-refractivity contribution in [3.05, 3.63) is 27.9 Å². The van der Waals surface area contributed by atoms with E-state index in [1.165, 1.54) is 12.8 Å². The highest BCUT2D eigenvalue weighted by Crippen LogP contribution is 2.36. The zero-order valence-corrected chi connectivity index (χ0v) is 10.6. The fourth-order valence-corrected chi connectivity index (χ4v) is 1.93. The maximum Gasteiger partial charge on any atom is 0.288 e. The minimum atomic E-state index is -0.601. The number of nitrogens with two attached hydrogens (primary N) is 1. The number of anilines is 1. The highest BCUT2D eigenvalue weighted by atomic mass is 16.6. The maximum atomic E-state index is 11.9. The van der Waals surface area contributed by atoms with Gasteiger partial charge in [0.2, 0.25) is 0 Å². The number of pyridine rings is 1. The van der Waals surface area contributed by atoms with E-state index in [0.717, 1.165) is 12.3 Å². The van der Waals surface area contributed by atoms with Crippen LogP contribution in [0.1, 0.15) is 30.1 Å². The van der Waals surface area contributed by atoms with Gasteiger partial charge in [-0.1, -0.05) is 6.92 Å². The lowest BCUT2D eigenvalue weighted by Crippen LogP contribution is -2.29. The number of hydrogen-bond acceptors (Lipinski definition) is 5. The Bertz CT molecular complexity index is 514. The molecule has 1 aliphatic rings. The summed E-state index contributed by atoms with van der Waals surface area (Å²) in [7, 11) is 0. The maximum absolute atomic E-state index is 11.9. The van der Waals surface area contributed by atoms with Crippen LogP contribution in [0.5, 0.6) is 0 Å². The average Bonchev–Trinajstić information content (AvgIpc) is 3.20. The van der Waals surface area contributed by atoms with E-state index in [-0.39, 0.29) is 17.1 Å². The smallest absolute Gasteiger partial charge is 0.288 e. The molecule has 1 amide bonds. The van der Waals surface area contributed by atoms with Crippen molar-refractivity contribution in [3.8, 4) is 0 Å². The lowest BCUT2D eigenvalue weighted by molar-refractivity contribution is -0.385. The summed E-state index contributed by atoms with van der Waals surface area (Å²) in [4.78, 5) is 25.6. The number of nitro groups is 1. The van der Waals surface area contributed by atoms with Gasteiger partial charge >= 0.3 is 0 Å². The van der Waals surface area contributed by atoms with Gasteiger partial charge in [0.15, 0.2) is 0 Å². The molecular formula is C12H16N4O3. The molecule has 0 radical (unpaired) electrons. The summed E-state index contributed by atoms with van der Waals surface area (Å²) in [6.07, 6.45) is 3.45. The van der Waals surface area contributed by atoms with Gasteiger partial charge in [-0.15, -0.1) is 0 Å². The first kappa shape index (κ1) is 13.3. The summed E-state index contributed by atoms with van der Waals surface area (Å²) in [6, 6.07) is 1.15. The second-order valence-corrected chi connectivity index (χ2v) is 4.91. The minimum Gasteiger partial charge on any atom is -0.383 e. The number of nitrogens with zero attached hydrogens (tertiary/aromatic N) is 2. The van der Waals surface area contributed by atoms with Crippen LogP contribution in [0.3, 0.4) is 0 Å². The third-order valence-electron chi connectivity index (χ3n) is 3.37. The highest BCUT2D eigenvalue weighted by molar-refractivity contribution is 5.98. The van der Waals surface area contributed by atoms with Crippen LogP contribution < -0.4 is 11.1 Å². The van der Waals surface area contributed by atoms with Crippen LogP contribution in [-0.2, 0) is 0 Å². The topological polar surface area (TPSA) is 111 Å². The molecule has 0 saturated heterocycles. The highest BCUT2D eigenvalue weighted by Gasteiger charge is 2.28. The Balaban J connectivity index is 2.04. The largest absolute Gasteiger partial charge is 0.383 e. The van der Waals surface area contributed by atoms with Gasteiger partial charge < -0.3 is 11.1 Å². The molecule has 1 atom stereocenters. The lowest BCUT2D eigenvalue weighted by Gasteiger charge is -2.11. The Kier molecular flexibility index (Phi) is 3.64. The summed E-state index contributed by atoms with van der Waals surface area (Å²) in [6.45, 7) is 2.62. The molecule has 1 heterocycles. The van der Waals surface area contributed by atoms with Gasteiger partial charge in [0.05, 0.1) is 10.5 Å². The quantitative estimate of drug-likeness (QED) is 0.616. The Morgan fingerprint density at radius 1 is 1.68 bits per heavy atom. The van der Waals surface area contributed by atoms with Crippen molar-refractivity contribution in [2.75, 3.05) is 12.3 Å². The summed E-state index contributed by atoms with van der Waals surface area (Å²) >= 11 is 0. The predicted molar refractivity (Wildman–Crippen MR) is 69.5 cm³/mol. The number of nitrogen functional groups attached to an aromatic ring is 1. The lowest BCUT2D eigenvalue weighted by atomic mass is 10.1. The fraction of sp³-hybridized carbons (Fsp3) is 0.500. The van der Waals surface area contributed by atoms with Crippen molar-refractivity contribution in [3.63, 3.8) is 0 Å². The molecule has 0 aromatic carbocycles. The average molecular weight is 264 g/mol. The fourth-order valence-electron chi connectivity index (χ4n) is 1.93. The van der Waals surface area contributed by atoms with E-state index in [1.807, 2.05) is 0 Å². The monoisotopic (exact) mass is 264 g/mol. The van der Waals surface area contributed by atoms with E-state index in [2.05, 4.69) is 17.2 Å². The molecule has 0 bridgehead atoms. The molecule has 7 nitrogen and oxygen atoms in total. The molecule has 1 fully saturated rings. The molecule has 0 spiro atoms. The van der Waals surface area contributed by atoms with Gasteiger partial charge in [-0.2, -0.15) is 0 Å². The van der Waals surface area contributed by atoms with Crippen LogP contribution in [0.15, 0.2) is 12.3 Å². The van der Waals surface area contributed by atoms with E-state index in [0.29, 0.717) is 18.4 Å². The third kappa shape index (κ3) is 3.18. The second-order valence-electron chi connectivity index (χ2n) is 4.91. The number of aromatic nitrogens is 1. The van der Waals surface area contributed by atoms with Crippen molar-refractivity contribution < 1.29 is 9.72 Å². The molecule has 102 valence electrons. The van der Waals surface area contributed by atoms with Crippen LogP contribution in [-0.4, -0.2) is 22.4 Å². The summed E-state index contributed by atoms with van der Waals surface area (Å²) in [5, 5.41) is 13.4. The minimum absolute atomic E-state index is 0.00201. The van der Waals surface area contributed by atoms with E-state index in [4.69, 9.17) is 5.73 Å². The first-order chi connectivity index (χ1) is 8.99. The zero-order valence-electron chi connectivity index (χ0n) is 10.6. The standard InChI is InChI=1S/C12H16N4O3/c1-7(8-2-3-8)5-15-12(17)10-4-9(16(18)19)6-14-11(10)13/h4,6-8H,2-3,5H2,1H3,(H2,13,14)(H,15,17). The first-order valence-electron chi connectivity index (χ1n) is 6.17. The molecule has 1 aromatic rings. The molecule has 0 aliphatic heterocycles. The van der Waals surface area contributed by atoms with Gasteiger partial charge in [0, 0.05) is 12.6 Å². The van der Waals surface area contributed by atoms with Crippen LogP contribution in [0, 0.1) is 22.0 Å². The van der Waals surface area contributed by atoms with Crippen molar-refractivity contribution in [2.45, 2.75) is 19.8 Å². The molecule has 1 aromatic heterocycles. The number of rotatable bonds is 5. The van der Waals surface area contributed by atoms with E-state index in [1.54, 1.807) is 0 Å². The number of hydrogen-bond donors (Lipinski definition) is 2. The SMILES string of the molecule is CC(CNC(=O)c1cc([N+](=O)[O-])cnc1N)C1CC1. The zero-order chi connectivity index (χ0) is 14.0.